The number of para-hydroxylation sites is 1. The topological polar surface area (TPSA) is 64.0 Å². The summed E-state index contributed by atoms with van der Waals surface area (Å²) in [6, 6.07) is 17.6. The second-order valence-electron chi connectivity index (χ2n) is 6.46. The Balaban J connectivity index is 1.65. The Labute approximate surface area is 154 Å². The van der Waals surface area contributed by atoms with Crippen molar-refractivity contribution in [2.24, 2.45) is 0 Å². The minimum absolute atomic E-state index is 0.104. The molecule has 132 valence electrons. The van der Waals surface area contributed by atoms with E-state index < -0.39 is 10.8 Å². The van der Waals surface area contributed by atoms with Gasteiger partial charge in [-0.05, 0) is 24.6 Å². The molecule has 1 N–H and O–H groups in total. The summed E-state index contributed by atoms with van der Waals surface area (Å²) >= 11 is 0. The van der Waals surface area contributed by atoms with Crippen LogP contribution in [0.2, 0.25) is 0 Å². The molecule has 1 unspecified atom stereocenters. The molecule has 2 aromatic carbocycles. The molecule has 2 heterocycles. The predicted octanol–water partition coefficient (Wildman–Crippen LogP) is 3.12. The number of hydrogen-bond acceptors (Lipinski definition) is 3. The van der Waals surface area contributed by atoms with E-state index >= 15 is 0 Å². The fraction of sp³-hybridized carbons (Fsp3) is 0.200. The van der Waals surface area contributed by atoms with Crippen LogP contribution in [0.15, 0.2) is 54.6 Å². The molecule has 6 heteroatoms. The van der Waals surface area contributed by atoms with Crippen LogP contribution in [0.5, 0.6) is 0 Å². The van der Waals surface area contributed by atoms with Crippen LogP contribution in [-0.2, 0) is 33.5 Å². The Bertz CT molecular complexity index is 996. The molecule has 0 spiro atoms. The number of fused-ring (bicyclic) bond motifs is 1. The maximum atomic E-state index is 12.6. The molecule has 1 atom stereocenters. The normalized spacial score (nSPS) is 15.7. The Hall–Kier alpha value is -2.73. The fourth-order valence-electron chi connectivity index (χ4n) is 3.20. The highest BCUT2D eigenvalue weighted by atomic mass is 32.2. The van der Waals surface area contributed by atoms with Crippen LogP contribution in [0.1, 0.15) is 22.4 Å². The van der Waals surface area contributed by atoms with Crippen molar-refractivity contribution >= 4 is 22.5 Å². The van der Waals surface area contributed by atoms with Crippen molar-refractivity contribution < 1.29 is 9.00 Å². The molecule has 0 radical (unpaired) electrons. The predicted molar refractivity (Wildman–Crippen MR) is 103 cm³/mol. The Kier molecular flexibility index (Phi) is 4.42. The van der Waals surface area contributed by atoms with E-state index in [1.54, 1.807) is 4.68 Å². The third-order valence-electron chi connectivity index (χ3n) is 4.38. The van der Waals surface area contributed by atoms with Gasteiger partial charge in [-0.25, -0.2) is 4.68 Å². The lowest BCUT2D eigenvalue weighted by Crippen LogP contribution is -2.18. The Morgan fingerprint density at radius 2 is 1.96 bits per heavy atom. The molecule has 0 saturated carbocycles. The van der Waals surface area contributed by atoms with E-state index in [9.17, 15) is 9.00 Å². The molecule has 1 aromatic heterocycles. The summed E-state index contributed by atoms with van der Waals surface area (Å²) in [7, 11) is -0.946. The van der Waals surface area contributed by atoms with Gasteiger partial charge >= 0.3 is 0 Å². The van der Waals surface area contributed by atoms with Gasteiger partial charge in [0.05, 0.1) is 29.3 Å². The van der Waals surface area contributed by atoms with Crippen molar-refractivity contribution in [2.45, 2.75) is 24.9 Å². The summed E-state index contributed by atoms with van der Waals surface area (Å²) in [6.07, 6.45) is 0.291. The smallest absolute Gasteiger partial charge is 0.229 e. The van der Waals surface area contributed by atoms with Crippen LogP contribution in [0, 0.1) is 6.92 Å². The first-order chi connectivity index (χ1) is 12.6. The number of carbonyl (C=O) groups excluding carboxylic acids is 1. The highest BCUT2D eigenvalue weighted by molar-refractivity contribution is 7.83. The Morgan fingerprint density at radius 1 is 1.15 bits per heavy atom. The molecule has 0 saturated heterocycles. The molecular weight excluding hydrogens is 346 g/mol. The van der Waals surface area contributed by atoms with Gasteiger partial charge in [0, 0.05) is 16.4 Å². The van der Waals surface area contributed by atoms with E-state index in [2.05, 4.69) is 10.4 Å². The highest BCUT2D eigenvalue weighted by Crippen LogP contribution is 2.31. The molecule has 0 fully saturated rings. The van der Waals surface area contributed by atoms with Gasteiger partial charge in [0.2, 0.25) is 5.91 Å². The number of nitrogens with one attached hydrogen (secondary N) is 1. The molecule has 3 aromatic rings. The summed E-state index contributed by atoms with van der Waals surface area (Å²) in [5.41, 5.74) is 4.65. The molecule has 5 nitrogen and oxygen atoms in total. The average molecular weight is 365 g/mol. The van der Waals surface area contributed by atoms with Crippen LogP contribution in [-0.4, -0.2) is 19.9 Å². The summed E-state index contributed by atoms with van der Waals surface area (Å²) in [4.78, 5) is 12.6. The van der Waals surface area contributed by atoms with Crippen molar-refractivity contribution in [1.29, 1.82) is 0 Å². The van der Waals surface area contributed by atoms with Crippen molar-refractivity contribution in [3.63, 3.8) is 0 Å². The zero-order valence-corrected chi connectivity index (χ0v) is 15.3. The Morgan fingerprint density at radius 3 is 2.73 bits per heavy atom. The van der Waals surface area contributed by atoms with Crippen molar-refractivity contribution in [1.82, 2.24) is 9.78 Å². The minimum Gasteiger partial charge on any atom is -0.310 e. The zero-order chi connectivity index (χ0) is 18.1. The average Bonchev–Trinajstić information content (AvgIpc) is 3.13. The number of rotatable bonds is 4. The molecular formula is C20H19N3O2S. The largest absolute Gasteiger partial charge is 0.310 e. The standard InChI is InChI=1S/C20H19N3O2S/c1-14-6-5-7-15(10-14)11-19(24)21-20-17-12-26(25)13-18(17)22-23(20)16-8-3-2-4-9-16/h2-10H,11-13H2,1H3,(H,21,24). The van der Waals surface area contributed by atoms with Gasteiger partial charge in [-0.3, -0.25) is 9.00 Å². The first kappa shape index (κ1) is 16.7. The van der Waals surface area contributed by atoms with Crippen LogP contribution >= 0.6 is 0 Å². The van der Waals surface area contributed by atoms with Crippen LogP contribution < -0.4 is 5.32 Å². The molecule has 4 rings (SSSR count). The molecule has 26 heavy (non-hydrogen) atoms. The maximum absolute atomic E-state index is 12.6. The van der Waals surface area contributed by atoms with Gasteiger partial charge in [-0.2, -0.15) is 5.10 Å². The van der Waals surface area contributed by atoms with Gasteiger partial charge in [-0.15, -0.1) is 0 Å². The number of nitrogens with zero attached hydrogens (tertiary/aromatic N) is 2. The number of hydrogen-bond donors (Lipinski definition) is 1. The third kappa shape index (κ3) is 3.32. The molecule has 1 aliphatic rings. The van der Waals surface area contributed by atoms with Gasteiger partial charge in [0.25, 0.3) is 0 Å². The first-order valence-corrected chi connectivity index (χ1v) is 9.95. The van der Waals surface area contributed by atoms with E-state index in [4.69, 9.17) is 0 Å². The molecule has 0 aliphatic carbocycles. The van der Waals surface area contributed by atoms with Crippen LogP contribution in [0.25, 0.3) is 5.69 Å². The SMILES string of the molecule is Cc1cccc(CC(=O)Nc2c3c(nn2-c2ccccc2)CS(=O)C3)c1. The number of aromatic nitrogens is 2. The van der Waals surface area contributed by atoms with Gasteiger partial charge in [0.1, 0.15) is 5.82 Å². The number of carbonyl (C=O) groups is 1. The minimum atomic E-state index is -0.946. The number of benzene rings is 2. The summed E-state index contributed by atoms with van der Waals surface area (Å²) in [6.45, 7) is 2.01. The van der Waals surface area contributed by atoms with E-state index in [0.717, 1.165) is 28.1 Å². The second kappa shape index (κ2) is 6.88. The lowest BCUT2D eigenvalue weighted by molar-refractivity contribution is -0.115. The number of aryl methyl sites for hydroxylation is 1. The monoisotopic (exact) mass is 365 g/mol. The fourth-order valence-corrected chi connectivity index (χ4v) is 4.46. The zero-order valence-electron chi connectivity index (χ0n) is 14.4. The number of anilines is 1. The maximum Gasteiger partial charge on any atom is 0.229 e. The lowest BCUT2D eigenvalue weighted by Gasteiger charge is -2.11. The summed E-state index contributed by atoms with van der Waals surface area (Å²) in [5, 5.41) is 7.60. The van der Waals surface area contributed by atoms with E-state index in [1.807, 2.05) is 61.5 Å². The summed E-state index contributed by atoms with van der Waals surface area (Å²) < 4.78 is 13.7. The molecule has 0 bridgehead atoms. The lowest BCUT2D eigenvalue weighted by atomic mass is 10.1. The quantitative estimate of drug-likeness (QED) is 0.773. The molecule has 1 aliphatic heterocycles. The van der Waals surface area contributed by atoms with Crippen molar-refractivity contribution in [3.05, 3.63) is 77.0 Å². The second-order valence-corrected chi connectivity index (χ2v) is 7.92. The van der Waals surface area contributed by atoms with Gasteiger partial charge in [-0.1, -0.05) is 48.0 Å². The van der Waals surface area contributed by atoms with Crippen LogP contribution in [0.4, 0.5) is 5.82 Å². The van der Waals surface area contributed by atoms with E-state index in [-0.39, 0.29) is 5.91 Å². The molecule has 1 amide bonds. The summed E-state index contributed by atoms with van der Waals surface area (Å²) in [5.74, 6) is 1.40. The van der Waals surface area contributed by atoms with Gasteiger partial charge in [0.15, 0.2) is 0 Å². The highest BCUT2D eigenvalue weighted by Gasteiger charge is 2.28. The van der Waals surface area contributed by atoms with Crippen molar-refractivity contribution in [2.75, 3.05) is 5.32 Å². The van der Waals surface area contributed by atoms with E-state index in [0.29, 0.717) is 23.7 Å². The van der Waals surface area contributed by atoms with Gasteiger partial charge < -0.3 is 5.32 Å². The third-order valence-corrected chi connectivity index (χ3v) is 5.58. The number of amides is 1. The van der Waals surface area contributed by atoms with E-state index in [1.165, 1.54) is 0 Å². The van der Waals surface area contributed by atoms with Crippen LogP contribution in [0.3, 0.4) is 0 Å². The first-order valence-electron chi connectivity index (χ1n) is 8.47. The van der Waals surface area contributed by atoms with Crippen molar-refractivity contribution in [3.8, 4) is 5.69 Å².